The van der Waals surface area contributed by atoms with Crippen molar-refractivity contribution >= 4 is 17.1 Å². The van der Waals surface area contributed by atoms with Crippen molar-refractivity contribution in [2.24, 2.45) is 15.9 Å². The molecule has 32 heavy (non-hydrogen) atoms. The van der Waals surface area contributed by atoms with Crippen LogP contribution in [0.3, 0.4) is 0 Å². The number of nitrogens with two attached hydrogens (primary N) is 1. The van der Waals surface area contributed by atoms with Gasteiger partial charge >= 0.3 is 0 Å². The maximum atomic E-state index is 5.96. The molecule has 0 radical (unpaired) electrons. The number of aliphatic imine (C=N–C) groups is 1. The molecule has 9 heteroatoms. The molecule has 4 heterocycles. The summed E-state index contributed by atoms with van der Waals surface area (Å²) in [6.07, 6.45) is 6.77. The van der Waals surface area contributed by atoms with Crippen LogP contribution in [0, 0.1) is 0 Å². The molecule has 2 aromatic rings. The van der Waals surface area contributed by atoms with Gasteiger partial charge in [-0.1, -0.05) is 0 Å². The summed E-state index contributed by atoms with van der Waals surface area (Å²) in [5.41, 5.74) is 4.43. The molecular weight excluding hydrogens is 408 g/mol. The van der Waals surface area contributed by atoms with E-state index in [1.165, 1.54) is 11.1 Å². The Labute approximate surface area is 188 Å². The van der Waals surface area contributed by atoms with Gasteiger partial charge in [-0.15, -0.1) is 0 Å². The zero-order chi connectivity index (χ0) is 22.3. The molecule has 0 aliphatic carbocycles. The summed E-state index contributed by atoms with van der Waals surface area (Å²) < 4.78 is 16.6. The van der Waals surface area contributed by atoms with E-state index < -0.39 is 0 Å². The number of aromatic nitrogens is 2. The van der Waals surface area contributed by atoms with Gasteiger partial charge in [0.15, 0.2) is 0 Å². The van der Waals surface area contributed by atoms with Crippen molar-refractivity contribution in [1.82, 2.24) is 14.9 Å². The van der Waals surface area contributed by atoms with E-state index in [4.69, 9.17) is 20.1 Å². The van der Waals surface area contributed by atoms with Crippen LogP contribution in [-0.2, 0) is 17.7 Å². The molecule has 2 aromatic heterocycles. The van der Waals surface area contributed by atoms with Gasteiger partial charge in [0.2, 0.25) is 11.8 Å². The molecule has 1 saturated heterocycles. The number of methoxy groups -OCH3 is 1. The molecule has 2 aliphatic rings. The van der Waals surface area contributed by atoms with E-state index >= 15 is 0 Å². The minimum absolute atomic E-state index is 0.207. The summed E-state index contributed by atoms with van der Waals surface area (Å²) in [4.78, 5) is 15.9. The van der Waals surface area contributed by atoms with Gasteiger partial charge < -0.3 is 20.1 Å². The van der Waals surface area contributed by atoms with Crippen molar-refractivity contribution in [1.29, 1.82) is 0 Å². The van der Waals surface area contributed by atoms with Gasteiger partial charge in [0.1, 0.15) is 12.3 Å². The first-order chi connectivity index (χ1) is 15.7. The largest absolute Gasteiger partial charge is 0.481 e. The fourth-order valence-electron chi connectivity index (χ4n) is 4.03. The molecule has 2 N–H and O–H groups in total. The Hall–Kier alpha value is -3.04. The maximum absolute atomic E-state index is 5.96. The van der Waals surface area contributed by atoms with Gasteiger partial charge in [-0.3, -0.25) is 4.90 Å². The van der Waals surface area contributed by atoms with E-state index in [2.05, 4.69) is 25.0 Å². The number of ether oxygens (including phenoxy) is 3. The molecule has 2 aliphatic heterocycles. The molecule has 0 aromatic carbocycles. The summed E-state index contributed by atoms with van der Waals surface area (Å²) in [5, 5.41) is 3.78. The Morgan fingerprint density at radius 1 is 1.19 bits per heavy atom. The molecule has 0 atom stereocenters. The van der Waals surface area contributed by atoms with Crippen LogP contribution in [0.2, 0.25) is 0 Å². The average Bonchev–Trinajstić information content (AvgIpc) is 2.86. The lowest BCUT2D eigenvalue weighted by Crippen LogP contribution is -2.42. The second-order valence-corrected chi connectivity index (χ2v) is 7.98. The number of pyridine rings is 2. The monoisotopic (exact) mass is 438 g/mol. The lowest BCUT2D eigenvalue weighted by Gasteiger charge is -2.37. The first-order valence-corrected chi connectivity index (χ1v) is 10.9. The highest BCUT2D eigenvalue weighted by molar-refractivity contribution is 6.42. The van der Waals surface area contributed by atoms with E-state index in [1.54, 1.807) is 26.3 Å². The van der Waals surface area contributed by atoms with Crippen LogP contribution in [0.5, 0.6) is 11.8 Å². The Kier molecular flexibility index (Phi) is 7.28. The van der Waals surface area contributed by atoms with Crippen LogP contribution >= 0.6 is 0 Å². The zero-order valence-corrected chi connectivity index (χ0v) is 18.7. The van der Waals surface area contributed by atoms with Crippen molar-refractivity contribution in [2.45, 2.75) is 38.8 Å². The predicted molar refractivity (Wildman–Crippen MR) is 123 cm³/mol. The third-order valence-corrected chi connectivity index (χ3v) is 5.97. The molecule has 0 saturated carbocycles. The quantitative estimate of drug-likeness (QED) is 0.402. The van der Waals surface area contributed by atoms with Gasteiger partial charge in [-0.25, -0.2) is 15.0 Å². The number of fused-ring (bicyclic) bond motifs is 1. The number of nitrogens with zero attached hydrogens (tertiary/aromatic N) is 5. The van der Waals surface area contributed by atoms with Gasteiger partial charge in [-0.05, 0) is 43.4 Å². The summed E-state index contributed by atoms with van der Waals surface area (Å²) in [7, 11) is 1.57. The third-order valence-electron chi connectivity index (χ3n) is 5.97. The third kappa shape index (κ3) is 5.41. The summed E-state index contributed by atoms with van der Waals surface area (Å²) in [5.74, 6) is 6.60. The highest BCUT2D eigenvalue weighted by Gasteiger charge is 2.25. The zero-order valence-electron chi connectivity index (χ0n) is 18.7. The fourth-order valence-corrected chi connectivity index (χ4v) is 4.03. The van der Waals surface area contributed by atoms with Crippen LogP contribution in [0.1, 0.15) is 30.9 Å². The topological polar surface area (TPSA) is 107 Å². The van der Waals surface area contributed by atoms with Crippen molar-refractivity contribution in [3.63, 3.8) is 0 Å². The molecule has 0 amide bonds. The Balaban J connectivity index is 1.42. The van der Waals surface area contributed by atoms with Gasteiger partial charge in [0.25, 0.3) is 0 Å². The van der Waals surface area contributed by atoms with Crippen LogP contribution in [0.15, 0.2) is 40.7 Å². The van der Waals surface area contributed by atoms with Crippen molar-refractivity contribution in [2.75, 3.05) is 33.5 Å². The average molecular weight is 439 g/mol. The molecule has 0 bridgehead atoms. The summed E-state index contributed by atoms with van der Waals surface area (Å²) >= 11 is 0. The molecule has 0 spiro atoms. The van der Waals surface area contributed by atoms with Crippen molar-refractivity contribution in [3.05, 3.63) is 41.7 Å². The van der Waals surface area contributed by atoms with E-state index in [0.717, 1.165) is 45.6 Å². The highest BCUT2D eigenvalue weighted by Crippen LogP contribution is 2.26. The second-order valence-electron chi connectivity index (χ2n) is 7.98. The first-order valence-electron chi connectivity index (χ1n) is 10.9. The van der Waals surface area contributed by atoms with Crippen LogP contribution in [0.4, 0.5) is 5.69 Å². The van der Waals surface area contributed by atoms with E-state index in [1.807, 2.05) is 18.3 Å². The first kappa shape index (κ1) is 22.2. The van der Waals surface area contributed by atoms with Crippen LogP contribution in [0.25, 0.3) is 0 Å². The lowest BCUT2D eigenvalue weighted by molar-refractivity contribution is 0.0290. The Morgan fingerprint density at radius 2 is 2.00 bits per heavy atom. The number of hydrazone groups is 1. The molecule has 170 valence electrons. The lowest BCUT2D eigenvalue weighted by atomic mass is 9.98. The summed E-state index contributed by atoms with van der Waals surface area (Å²) in [6.45, 7) is 5.71. The Bertz CT molecular complexity index is 970. The predicted octanol–water partition coefficient (Wildman–Crippen LogP) is 2.51. The normalized spacial score (nSPS) is 18.3. The van der Waals surface area contributed by atoms with E-state index in [9.17, 15) is 0 Å². The van der Waals surface area contributed by atoms with Crippen LogP contribution < -0.4 is 15.3 Å². The second kappa shape index (κ2) is 10.5. The van der Waals surface area contributed by atoms with Gasteiger partial charge in [0.05, 0.1) is 24.7 Å². The maximum Gasteiger partial charge on any atom is 0.213 e. The van der Waals surface area contributed by atoms with Gasteiger partial charge in [-0.2, -0.15) is 5.10 Å². The number of hydrogen-bond acceptors (Lipinski definition) is 9. The molecule has 0 unspecified atom stereocenters. The summed E-state index contributed by atoms with van der Waals surface area (Å²) in [6, 6.07) is 6.22. The molecule has 4 rings (SSSR count). The minimum Gasteiger partial charge on any atom is -0.481 e. The minimum atomic E-state index is 0.207. The number of rotatable bonds is 7. The molecule has 1 fully saturated rings. The Morgan fingerprint density at radius 3 is 2.72 bits per heavy atom. The van der Waals surface area contributed by atoms with Gasteiger partial charge in [0, 0.05) is 50.7 Å². The highest BCUT2D eigenvalue weighted by atomic mass is 16.5. The molecular formula is C23H30N6O3. The van der Waals surface area contributed by atoms with Crippen molar-refractivity contribution < 1.29 is 14.2 Å². The SMILES string of the molecule is COc1ccc(N=C(COc2cc3c(cn2)CN(C2CCOCC2)CC3)/C(C)=N\N)cn1. The molecule has 9 nitrogen and oxygen atoms in total. The van der Waals surface area contributed by atoms with Crippen molar-refractivity contribution in [3.8, 4) is 11.8 Å². The van der Waals surface area contributed by atoms with Crippen LogP contribution in [-0.4, -0.2) is 65.8 Å². The smallest absolute Gasteiger partial charge is 0.213 e. The fraction of sp³-hybridized carbons (Fsp3) is 0.478. The standard InChI is InChI=1S/C23H30N6O3/c1-16(28-24)21(27-19-3-4-22(30-2)26-13-19)15-32-23-11-17-5-8-29(14-18(17)12-25-23)20-6-9-31-10-7-20/h3-4,11-13,20H,5-10,14-15,24H2,1-2H3/b27-21?,28-16-. The van der Waals surface area contributed by atoms with E-state index in [-0.39, 0.29) is 6.61 Å². The van der Waals surface area contributed by atoms with E-state index in [0.29, 0.717) is 34.9 Å². The number of hydrogen-bond donors (Lipinski definition) is 1.